The highest BCUT2D eigenvalue weighted by atomic mass is 19.4. The first-order valence-electron chi connectivity index (χ1n) is 12.5. The van der Waals surface area contributed by atoms with Crippen molar-refractivity contribution in [3.05, 3.63) is 72.1 Å². The Hall–Kier alpha value is -4.03. The molecule has 1 aliphatic rings. The molecule has 1 unspecified atom stereocenters. The van der Waals surface area contributed by atoms with Crippen LogP contribution in [0, 0.1) is 5.92 Å². The summed E-state index contributed by atoms with van der Waals surface area (Å²) in [6.07, 6.45) is -2.14. The van der Waals surface area contributed by atoms with Crippen LogP contribution in [0.25, 0.3) is 28.5 Å². The van der Waals surface area contributed by atoms with Gasteiger partial charge in [0, 0.05) is 18.0 Å². The molecule has 2 aromatic heterocycles. The van der Waals surface area contributed by atoms with Crippen molar-refractivity contribution in [2.75, 3.05) is 6.54 Å². The van der Waals surface area contributed by atoms with Gasteiger partial charge >= 0.3 is 6.18 Å². The fourth-order valence-corrected chi connectivity index (χ4v) is 4.71. The fraction of sp³-hybridized carbons (Fsp3) is 0.333. The van der Waals surface area contributed by atoms with Crippen LogP contribution >= 0.6 is 0 Å². The molecule has 4 aromatic rings. The molecule has 0 spiro atoms. The number of halogens is 3. The Morgan fingerprint density at radius 1 is 1.10 bits per heavy atom. The molecule has 3 atom stereocenters. The van der Waals surface area contributed by atoms with Gasteiger partial charge in [0.15, 0.2) is 11.8 Å². The molecule has 3 N–H and O–H groups in total. The fourth-order valence-electron chi connectivity index (χ4n) is 4.71. The highest BCUT2D eigenvalue weighted by molar-refractivity contribution is 5.82. The highest BCUT2D eigenvalue weighted by Crippen LogP contribution is 2.38. The van der Waals surface area contributed by atoms with Crippen LogP contribution in [0.1, 0.15) is 43.0 Å². The molecule has 0 radical (unpaired) electrons. The van der Waals surface area contributed by atoms with Gasteiger partial charge in [-0.25, -0.2) is 4.68 Å². The largest absolute Gasteiger partial charge is 0.434 e. The predicted molar refractivity (Wildman–Crippen MR) is 133 cm³/mol. The van der Waals surface area contributed by atoms with Gasteiger partial charge in [0.2, 0.25) is 5.82 Å². The number of aliphatic hydroxyl groups excluding tert-OH is 2. The number of aliphatic hydroxyl groups is 2. The van der Waals surface area contributed by atoms with E-state index in [2.05, 4.69) is 20.6 Å². The lowest BCUT2D eigenvalue weighted by Gasteiger charge is -2.28. The van der Waals surface area contributed by atoms with Gasteiger partial charge in [-0.15, -0.1) is 0 Å². The molecule has 5 rings (SSSR count). The number of amides is 1. The molecular weight excluding hydrogens is 515 g/mol. The third kappa shape index (κ3) is 5.71. The SMILES string of the molecule is O=C(NC[C@H]1CCCC[C@H]1O)C(O)c1ccc(-c2noc(-c3cnn(-c4ccccc4)c3C(F)(F)F)n2)cc1. The van der Waals surface area contributed by atoms with Crippen LogP contribution < -0.4 is 5.32 Å². The maximum absolute atomic E-state index is 14.0. The quantitative estimate of drug-likeness (QED) is 0.318. The van der Waals surface area contributed by atoms with E-state index in [1.54, 1.807) is 18.2 Å². The van der Waals surface area contributed by atoms with Gasteiger partial charge in [0.05, 0.1) is 23.6 Å². The summed E-state index contributed by atoms with van der Waals surface area (Å²) < 4.78 is 47.9. The van der Waals surface area contributed by atoms with E-state index in [0.29, 0.717) is 17.5 Å². The minimum absolute atomic E-state index is 0.0300. The lowest BCUT2D eigenvalue weighted by Crippen LogP contribution is -2.38. The van der Waals surface area contributed by atoms with Crippen molar-refractivity contribution in [1.29, 1.82) is 0 Å². The number of hydrogen-bond acceptors (Lipinski definition) is 7. The van der Waals surface area contributed by atoms with E-state index in [-0.39, 0.29) is 35.4 Å². The summed E-state index contributed by atoms with van der Waals surface area (Å²) in [5.41, 5.74) is -0.460. The molecule has 0 aliphatic heterocycles. The summed E-state index contributed by atoms with van der Waals surface area (Å²) >= 11 is 0. The number of aromatic nitrogens is 4. The van der Waals surface area contributed by atoms with Crippen LogP contribution in [0.5, 0.6) is 0 Å². The molecule has 1 aliphatic carbocycles. The second-order valence-corrected chi connectivity index (χ2v) is 9.46. The topological polar surface area (TPSA) is 126 Å². The molecule has 204 valence electrons. The number of carbonyl (C=O) groups excluding carboxylic acids is 1. The zero-order valence-corrected chi connectivity index (χ0v) is 20.7. The minimum Gasteiger partial charge on any atom is -0.393 e. The Kier molecular flexibility index (Phi) is 7.49. The van der Waals surface area contributed by atoms with Crippen molar-refractivity contribution in [1.82, 2.24) is 25.2 Å². The lowest BCUT2D eigenvalue weighted by atomic mass is 9.86. The zero-order valence-electron chi connectivity index (χ0n) is 20.7. The molecule has 1 saturated carbocycles. The number of hydrogen-bond donors (Lipinski definition) is 3. The second-order valence-electron chi connectivity index (χ2n) is 9.46. The third-order valence-electron chi connectivity index (χ3n) is 6.84. The van der Waals surface area contributed by atoms with Crippen LogP contribution in [-0.2, 0) is 11.0 Å². The Morgan fingerprint density at radius 3 is 2.51 bits per heavy atom. The van der Waals surface area contributed by atoms with Gasteiger partial charge in [0.25, 0.3) is 11.8 Å². The molecule has 2 aromatic carbocycles. The average molecular weight is 542 g/mol. The highest BCUT2D eigenvalue weighted by Gasteiger charge is 2.40. The van der Waals surface area contributed by atoms with Gasteiger partial charge < -0.3 is 20.1 Å². The predicted octanol–water partition coefficient (Wildman–Crippen LogP) is 4.31. The summed E-state index contributed by atoms with van der Waals surface area (Å²) in [6, 6.07) is 14.0. The van der Waals surface area contributed by atoms with E-state index in [4.69, 9.17) is 4.52 Å². The van der Waals surface area contributed by atoms with Crippen molar-refractivity contribution in [2.45, 2.75) is 44.1 Å². The molecular formula is C27H26F3N5O4. The zero-order chi connectivity index (χ0) is 27.6. The molecule has 12 heteroatoms. The molecule has 0 saturated heterocycles. The van der Waals surface area contributed by atoms with Crippen LogP contribution in [0.2, 0.25) is 0 Å². The van der Waals surface area contributed by atoms with Gasteiger partial charge in [-0.05, 0) is 30.5 Å². The smallest absolute Gasteiger partial charge is 0.393 e. The Morgan fingerprint density at radius 2 is 1.82 bits per heavy atom. The summed E-state index contributed by atoms with van der Waals surface area (Å²) in [5, 5.41) is 30.9. The van der Waals surface area contributed by atoms with Gasteiger partial charge in [0.1, 0.15) is 0 Å². The van der Waals surface area contributed by atoms with Gasteiger partial charge in [-0.3, -0.25) is 4.79 Å². The number of carbonyl (C=O) groups is 1. The van der Waals surface area contributed by atoms with Crippen molar-refractivity contribution < 1.29 is 32.7 Å². The van der Waals surface area contributed by atoms with Crippen LogP contribution in [0.15, 0.2) is 65.3 Å². The first-order valence-corrected chi connectivity index (χ1v) is 12.5. The minimum atomic E-state index is -4.75. The first-order chi connectivity index (χ1) is 18.7. The molecule has 2 heterocycles. The van der Waals surface area contributed by atoms with Gasteiger partial charge in [-0.2, -0.15) is 23.3 Å². The molecule has 39 heavy (non-hydrogen) atoms. The number of para-hydroxylation sites is 1. The number of nitrogens with one attached hydrogen (secondary N) is 1. The van der Waals surface area contributed by atoms with Crippen LogP contribution in [-0.4, -0.2) is 48.7 Å². The maximum atomic E-state index is 14.0. The van der Waals surface area contributed by atoms with Crippen molar-refractivity contribution in [2.24, 2.45) is 5.92 Å². The molecule has 9 nitrogen and oxygen atoms in total. The molecule has 1 fully saturated rings. The normalized spacial score (nSPS) is 18.6. The summed E-state index contributed by atoms with van der Waals surface area (Å²) in [6.45, 7) is 0.279. The monoisotopic (exact) mass is 541 g/mol. The van der Waals surface area contributed by atoms with E-state index in [1.165, 1.54) is 36.4 Å². The van der Waals surface area contributed by atoms with E-state index < -0.39 is 30.0 Å². The van der Waals surface area contributed by atoms with E-state index in [9.17, 15) is 28.2 Å². The number of nitrogens with zero attached hydrogens (tertiary/aromatic N) is 4. The maximum Gasteiger partial charge on any atom is 0.434 e. The average Bonchev–Trinajstić information content (AvgIpc) is 3.60. The second kappa shape index (κ2) is 11.0. The number of rotatable bonds is 7. The Labute approximate surface area is 221 Å². The number of benzene rings is 2. The van der Waals surface area contributed by atoms with E-state index >= 15 is 0 Å². The van der Waals surface area contributed by atoms with Crippen molar-refractivity contribution in [3.63, 3.8) is 0 Å². The molecule has 0 bridgehead atoms. The van der Waals surface area contributed by atoms with Crippen molar-refractivity contribution in [3.8, 4) is 28.5 Å². The van der Waals surface area contributed by atoms with E-state index in [0.717, 1.165) is 30.1 Å². The summed E-state index contributed by atoms with van der Waals surface area (Å²) in [5.74, 6) is -0.949. The first kappa shape index (κ1) is 26.6. The lowest BCUT2D eigenvalue weighted by molar-refractivity contribution is -0.142. The number of alkyl halides is 3. The van der Waals surface area contributed by atoms with Crippen LogP contribution in [0.3, 0.4) is 0 Å². The van der Waals surface area contributed by atoms with E-state index in [1.807, 2.05) is 0 Å². The van der Waals surface area contributed by atoms with Crippen LogP contribution in [0.4, 0.5) is 13.2 Å². The summed E-state index contributed by atoms with van der Waals surface area (Å²) in [7, 11) is 0. The van der Waals surface area contributed by atoms with Crippen molar-refractivity contribution >= 4 is 5.91 Å². The standard InChI is InChI=1S/C27H26F3N5O4/c28-27(29,30)23-20(15-32-35(23)19-7-2-1-3-8-19)26-33-24(34-39-26)17-12-10-16(11-13-17)22(37)25(38)31-14-18-6-4-5-9-21(18)36/h1-3,7-8,10-13,15,18,21-22,36-37H,4-6,9,14H2,(H,31,38)/t18-,21-,22?/m1/s1. The molecule has 1 amide bonds. The third-order valence-corrected chi connectivity index (χ3v) is 6.84. The Bertz CT molecular complexity index is 1420. The van der Waals surface area contributed by atoms with Gasteiger partial charge in [-0.1, -0.05) is 60.5 Å². The summed E-state index contributed by atoms with van der Waals surface area (Å²) in [4.78, 5) is 16.6. The Balaban J connectivity index is 1.31.